The Hall–Kier alpha value is -0.130. The van der Waals surface area contributed by atoms with Gasteiger partial charge < -0.3 is 5.73 Å². The zero-order chi connectivity index (χ0) is 13.4. The van der Waals surface area contributed by atoms with Gasteiger partial charge in [0.1, 0.15) is 0 Å². The van der Waals surface area contributed by atoms with E-state index in [0.717, 1.165) is 38.3 Å². The van der Waals surface area contributed by atoms with Gasteiger partial charge in [-0.1, -0.05) is 13.8 Å². The molecule has 3 unspecified atom stereocenters. The quantitative estimate of drug-likeness (QED) is 0.811. The minimum Gasteiger partial charge on any atom is -0.329 e. The van der Waals surface area contributed by atoms with Crippen molar-refractivity contribution in [2.75, 3.05) is 31.1 Å². The smallest absolute Gasteiger partial charge is 0.152 e. The van der Waals surface area contributed by atoms with E-state index in [4.69, 9.17) is 5.73 Å². The normalized spacial score (nSPS) is 41.7. The summed E-state index contributed by atoms with van der Waals surface area (Å²) in [5, 5.41) is 0. The van der Waals surface area contributed by atoms with Crippen molar-refractivity contribution in [2.45, 2.75) is 38.6 Å². The van der Waals surface area contributed by atoms with Crippen LogP contribution < -0.4 is 5.73 Å². The van der Waals surface area contributed by atoms with Crippen LogP contribution in [0.2, 0.25) is 0 Å². The van der Waals surface area contributed by atoms with E-state index in [1.54, 1.807) is 0 Å². The van der Waals surface area contributed by atoms with Gasteiger partial charge in [-0.25, -0.2) is 8.42 Å². The van der Waals surface area contributed by atoms with Gasteiger partial charge in [0.15, 0.2) is 9.84 Å². The van der Waals surface area contributed by atoms with E-state index in [2.05, 4.69) is 18.7 Å². The van der Waals surface area contributed by atoms with Crippen LogP contribution in [0.25, 0.3) is 0 Å². The largest absolute Gasteiger partial charge is 0.329 e. The van der Waals surface area contributed by atoms with Crippen molar-refractivity contribution in [2.24, 2.45) is 17.6 Å². The fourth-order valence-corrected chi connectivity index (χ4v) is 5.40. The van der Waals surface area contributed by atoms with Crippen LogP contribution in [0.3, 0.4) is 0 Å². The van der Waals surface area contributed by atoms with Crippen molar-refractivity contribution >= 4 is 9.84 Å². The second-order valence-corrected chi connectivity index (χ2v) is 8.50. The first-order chi connectivity index (χ1) is 8.38. The van der Waals surface area contributed by atoms with Crippen LogP contribution in [0.4, 0.5) is 0 Å². The molecule has 4 nitrogen and oxygen atoms in total. The number of rotatable bonds is 2. The van der Waals surface area contributed by atoms with E-state index >= 15 is 0 Å². The molecule has 5 heteroatoms. The summed E-state index contributed by atoms with van der Waals surface area (Å²) in [5.41, 5.74) is 5.68. The Morgan fingerprint density at radius 2 is 2.06 bits per heavy atom. The lowest BCUT2D eigenvalue weighted by Gasteiger charge is -2.49. The number of sulfone groups is 1. The van der Waals surface area contributed by atoms with Gasteiger partial charge in [0, 0.05) is 18.6 Å². The van der Waals surface area contributed by atoms with Crippen LogP contribution in [0.5, 0.6) is 0 Å². The number of likely N-dealkylation sites (tertiary alicyclic amines) is 1. The maximum absolute atomic E-state index is 11.9. The van der Waals surface area contributed by atoms with Crippen LogP contribution in [0.1, 0.15) is 33.1 Å². The van der Waals surface area contributed by atoms with Crippen LogP contribution in [0.15, 0.2) is 0 Å². The fraction of sp³-hybridized carbons (Fsp3) is 1.00. The lowest BCUT2D eigenvalue weighted by Crippen LogP contribution is -2.62. The Balaban J connectivity index is 2.17. The first-order valence-corrected chi connectivity index (χ1v) is 8.86. The van der Waals surface area contributed by atoms with Gasteiger partial charge in [-0.05, 0) is 37.6 Å². The third-order valence-electron chi connectivity index (χ3n) is 4.97. The molecule has 2 N–H and O–H groups in total. The number of nitrogens with zero attached hydrogens (tertiary/aromatic N) is 1. The second kappa shape index (κ2) is 5.10. The highest BCUT2D eigenvalue weighted by Gasteiger charge is 2.44. The van der Waals surface area contributed by atoms with Crippen molar-refractivity contribution in [1.29, 1.82) is 0 Å². The molecule has 2 saturated heterocycles. The summed E-state index contributed by atoms with van der Waals surface area (Å²) in [5.74, 6) is 1.97. The Labute approximate surface area is 111 Å². The van der Waals surface area contributed by atoms with E-state index in [1.165, 1.54) is 0 Å². The molecule has 0 aromatic heterocycles. The summed E-state index contributed by atoms with van der Waals surface area (Å²) in [7, 11) is -2.90. The topological polar surface area (TPSA) is 63.4 Å². The molecular formula is C13H26N2O2S. The van der Waals surface area contributed by atoms with E-state index < -0.39 is 9.84 Å². The number of nitrogens with two attached hydrogens (primary N) is 1. The van der Waals surface area contributed by atoms with E-state index in [-0.39, 0.29) is 11.3 Å². The average molecular weight is 274 g/mol. The zero-order valence-electron chi connectivity index (χ0n) is 11.6. The molecule has 2 aliphatic rings. The molecular weight excluding hydrogens is 248 g/mol. The minimum absolute atomic E-state index is 0.262. The first kappa shape index (κ1) is 14.3. The van der Waals surface area contributed by atoms with Crippen molar-refractivity contribution in [1.82, 2.24) is 4.90 Å². The Kier molecular flexibility index (Phi) is 4.04. The number of hydrogen-bond acceptors (Lipinski definition) is 4. The molecule has 2 rings (SSSR count). The van der Waals surface area contributed by atoms with Gasteiger partial charge in [0.2, 0.25) is 0 Å². The molecule has 0 amide bonds. The predicted octanol–water partition coefficient (Wildman–Crippen LogP) is 0.870. The first-order valence-electron chi connectivity index (χ1n) is 7.04. The average Bonchev–Trinajstić information content (AvgIpc) is 2.31. The van der Waals surface area contributed by atoms with Crippen molar-refractivity contribution in [3.63, 3.8) is 0 Å². The molecule has 0 aromatic rings. The Bertz CT molecular complexity index is 396. The van der Waals surface area contributed by atoms with Crippen molar-refractivity contribution < 1.29 is 8.42 Å². The third-order valence-corrected chi connectivity index (χ3v) is 6.86. The van der Waals surface area contributed by atoms with E-state index in [9.17, 15) is 8.42 Å². The van der Waals surface area contributed by atoms with Gasteiger partial charge in [0.05, 0.1) is 11.5 Å². The number of piperidine rings is 1. The van der Waals surface area contributed by atoms with Gasteiger partial charge in [-0.2, -0.15) is 0 Å². The Morgan fingerprint density at radius 3 is 2.61 bits per heavy atom. The molecule has 0 saturated carbocycles. The van der Waals surface area contributed by atoms with Gasteiger partial charge >= 0.3 is 0 Å². The molecule has 0 spiro atoms. The fourth-order valence-electron chi connectivity index (χ4n) is 3.41. The maximum atomic E-state index is 11.9. The monoisotopic (exact) mass is 274 g/mol. The van der Waals surface area contributed by atoms with Crippen LogP contribution in [-0.4, -0.2) is 50.0 Å². The molecule has 0 aliphatic carbocycles. The molecule has 18 heavy (non-hydrogen) atoms. The molecule has 2 fully saturated rings. The predicted molar refractivity (Wildman–Crippen MR) is 74.2 cm³/mol. The molecule has 2 heterocycles. The van der Waals surface area contributed by atoms with Crippen LogP contribution >= 0.6 is 0 Å². The summed E-state index contributed by atoms with van der Waals surface area (Å²) in [6, 6.07) is 0. The summed E-state index contributed by atoms with van der Waals surface area (Å²) in [6.45, 7) is 7.01. The van der Waals surface area contributed by atoms with Gasteiger partial charge in [-0.15, -0.1) is 0 Å². The minimum atomic E-state index is -2.90. The summed E-state index contributed by atoms with van der Waals surface area (Å²) in [6.07, 6.45) is 2.85. The molecule has 106 valence electrons. The van der Waals surface area contributed by atoms with Crippen LogP contribution in [0, 0.1) is 11.8 Å². The molecule has 2 aliphatic heterocycles. The van der Waals surface area contributed by atoms with Crippen molar-refractivity contribution in [3.05, 3.63) is 0 Å². The molecule has 0 radical (unpaired) electrons. The lowest BCUT2D eigenvalue weighted by atomic mass is 9.83. The van der Waals surface area contributed by atoms with Crippen molar-refractivity contribution in [3.8, 4) is 0 Å². The Morgan fingerprint density at radius 1 is 1.33 bits per heavy atom. The standard InChI is InChI=1S/C13H26N2O2S/c1-11-4-6-15(8-12(11)2)13(9-14)5-3-7-18(16,17)10-13/h11-12H,3-10,14H2,1-2H3. The molecule has 3 atom stereocenters. The summed E-state index contributed by atoms with van der Waals surface area (Å²) >= 11 is 0. The lowest BCUT2D eigenvalue weighted by molar-refractivity contribution is 0.0358. The third kappa shape index (κ3) is 2.73. The summed E-state index contributed by atoms with van der Waals surface area (Å²) in [4.78, 5) is 2.37. The maximum Gasteiger partial charge on any atom is 0.152 e. The molecule has 0 aromatic carbocycles. The van der Waals surface area contributed by atoms with E-state index in [0.29, 0.717) is 18.2 Å². The van der Waals surface area contributed by atoms with Gasteiger partial charge in [0.25, 0.3) is 0 Å². The number of hydrogen-bond donors (Lipinski definition) is 1. The van der Waals surface area contributed by atoms with Crippen LogP contribution in [-0.2, 0) is 9.84 Å². The highest BCUT2D eigenvalue weighted by Crippen LogP contribution is 2.33. The van der Waals surface area contributed by atoms with E-state index in [1.807, 2.05) is 0 Å². The molecule has 0 bridgehead atoms. The highest BCUT2D eigenvalue weighted by atomic mass is 32.2. The highest BCUT2D eigenvalue weighted by molar-refractivity contribution is 7.91. The second-order valence-electron chi connectivity index (χ2n) is 6.31. The van der Waals surface area contributed by atoms with Gasteiger partial charge in [-0.3, -0.25) is 4.90 Å². The summed E-state index contributed by atoms with van der Waals surface area (Å²) < 4.78 is 23.9. The SMILES string of the molecule is CC1CCN(C2(CN)CCCS(=O)(=O)C2)CC1C. The zero-order valence-corrected chi connectivity index (χ0v) is 12.4.